The number of hydrogen-bond acceptors (Lipinski definition) is 5. The van der Waals surface area contributed by atoms with Crippen LogP contribution in [0.15, 0.2) is 32.1 Å². The molecule has 3 rings (SSSR count). The first-order valence-electron chi connectivity index (χ1n) is 5.49. The van der Waals surface area contributed by atoms with Gasteiger partial charge in [-0.1, -0.05) is 0 Å². The highest BCUT2D eigenvalue weighted by Gasteiger charge is 2.17. The van der Waals surface area contributed by atoms with Crippen molar-refractivity contribution in [3.8, 4) is 0 Å². The molecule has 0 saturated carbocycles. The largest absolute Gasteiger partial charge is 0.297 e. The van der Waals surface area contributed by atoms with Gasteiger partial charge in [-0.2, -0.15) is 0 Å². The molecule has 100 valence electrons. The van der Waals surface area contributed by atoms with Crippen molar-refractivity contribution in [1.29, 1.82) is 0 Å². The number of hydrazine groups is 1. The molecule has 19 heavy (non-hydrogen) atoms. The molecular formula is C11H10Br2N4S2. The number of halogens is 2. The van der Waals surface area contributed by atoms with E-state index in [-0.39, 0.29) is 6.04 Å². The predicted octanol–water partition coefficient (Wildman–Crippen LogP) is 3.73. The van der Waals surface area contributed by atoms with Crippen LogP contribution < -0.4 is 11.3 Å². The number of thiazole rings is 1. The predicted molar refractivity (Wildman–Crippen MR) is 86.6 cm³/mol. The molecule has 0 radical (unpaired) electrons. The lowest BCUT2D eigenvalue weighted by Crippen LogP contribution is -2.29. The number of rotatable bonds is 4. The van der Waals surface area contributed by atoms with Gasteiger partial charge in [0.05, 0.1) is 15.5 Å². The zero-order chi connectivity index (χ0) is 13.4. The Morgan fingerprint density at radius 3 is 2.95 bits per heavy atom. The Labute approximate surface area is 134 Å². The van der Waals surface area contributed by atoms with Crippen LogP contribution in [0, 0.1) is 0 Å². The fraction of sp³-hybridized carbons (Fsp3) is 0.182. The van der Waals surface area contributed by atoms with E-state index in [2.05, 4.69) is 48.3 Å². The molecule has 3 N–H and O–H groups in total. The highest BCUT2D eigenvalue weighted by atomic mass is 79.9. The molecule has 1 unspecified atom stereocenters. The van der Waals surface area contributed by atoms with E-state index in [9.17, 15) is 0 Å². The van der Waals surface area contributed by atoms with Crippen molar-refractivity contribution >= 4 is 59.5 Å². The van der Waals surface area contributed by atoms with E-state index in [1.807, 2.05) is 22.2 Å². The molecule has 8 heteroatoms. The molecule has 0 aliphatic heterocycles. The van der Waals surface area contributed by atoms with Gasteiger partial charge >= 0.3 is 0 Å². The SMILES string of the molecule is NNC(Cc1cn2ccsc2n1)c1cc(Br)c(Br)s1. The Kier molecular flexibility index (Phi) is 4.06. The number of hydrogen-bond donors (Lipinski definition) is 2. The first kappa shape index (κ1) is 13.7. The topological polar surface area (TPSA) is 55.3 Å². The molecule has 0 aromatic carbocycles. The Morgan fingerprint density at radius 1 is 1.47 bits per heavy atom. The van der Waals surface area contributed by atoms with Gasteiger partial charge in [0, 0.05) is 33.5 Å². The van der Waals surface area contributed by atoms with Gasteiger partial charge in [0.1, 0.15) is 0 Å². The minimum Gasteiger partial charge on any atom is -0.297 e. The van der Waals surface area contributed by atoms with Crippen molar-refractivity contribution in [1.82, 2.24) is 14.8 Å². The molecule has 0 aliphatic carbocycles. The molecule has 0 aliphatic rings. The van der Waals surface area contributed by atoms with E-state index in [1.165, 1.54) is 4.88 Å². The first-order valence-corrected chi connectivity index (χ1v) is 8.77. The number of imidazole rings is 1. The van der Waals surface area contributed by atoms with Crippen molar-refractivity contribution < 1.29 is 0 Å². The van der Waals surface area contributed by atoms with Crippen molar-refractivity contribution in [3.63, 3.8) is 0 Å². The third kappa shape index (κ3) is 2.79. The van der Waals surface area contributed by atoms with Gasteiger partial charge in [0.25, 0.3) is 0 Å². The molecule has 0 amide bonds. The van der Waals surface area contributed by atoms with Gasteiger partial charge in [-0.25, -0.2) is 4.98 Å². The van der Waals surface area contributed by atoms with E-state index in [0.717, 1.165) is 25.3 Å². The number of nitrogens with one attached hydrogen (secondary N) is 1. The van der Waals surface area contributed by atoms with Crippen LogP contribution in [0.25, 0.3) is 4.96 Å². The average molecular weight is 422 g/mol. The van der Waals surface area contributed by atoms with Crippen molar-refractivity contribution in [2.45, 2.75) is 12.5 Å². The van der Waals surface area contributed by atoms with E-state index in [0.29, 0.717) is 0 Å². The fourth-order valence-electron chi connectivity index (χ4n) is 1.86. The summed E-state index contributed by atoms with van der Waals surface area (Å²) in [6.07, 6.45) is 4.83. The van der Waals surface area contributed by atoms with Crippen molar-refractivity contribution in [2.75, 3.05) is 0 Å². The molecular weight excluding hydrogens is 412 g/mol. The number of fused-ring (bicyclic) bond motifs is 1. The third-order valence-electron chi connectivity index (χ3n) is 2.77. The highest BCUT2D eigenvalue weighted by Crippen LogP contribution is 2.36. The maximum atomic E-state index is 5.68. The minimum absolute atomic E-state index is 0.0669. The van der Waals surface area contributed by atoms with Gasteiger partial charge in [-0.05, 0) is 37.9 Å². The fourth-order valence-corrected chi connectivity index (χ4v) is 4.73. The molecule has 0 saturated heterocycles. The van der Waals surface area contributed by atoms with Crippen LogP contribution in [0.3, 0.4) is 0 Å². The minimum atomic E-state index is 0.0669. The summed E-state index contributed by atoms with van der Waals surface area (Å²) in [5.74, 6) is 5.68. The number of aromatic nitrogens is 2. The molecule has 4 nitrogen and oxygen atoms in total. The third-order valence-corrected chi connectivity index (χ3v) is 6.91. The van der Waals surface area contributed by atoms with Crippen LogP contribution in [0.4, 0.5) is 0 Å². The second-order valence-electron chi connectivity index (χ2n) is 4.02. The number of thiophene rings is 1. The Balaban J connectivity index is 1.84. The van der Waals surface area contributed by atoms with E-state index in [4.69, 9.17) is 5.84 Å². The van der Waals surface area contributed by atoms with Crippen molar-refractivity contribution in [2.24, 2.45) is 5.84 Å². The summed E-state index contributed by atoms with van der Waals surface area (Å²) in [4.78, 5) is 6.77. The number of nitrogens with zero attached hydrogens (tertiary/aromatic N) is 2. The molecule has 0 fully saturated rings. The molecule has 3 aromatic heterocycles. The van der Waals surface area contributed by atoms with Crippen LogP contribution in [0.1, 0.15) is 16.6 Å². The Hall–Kier alpha value is -0.250. The second kappa shape index (κ2) is 5.63. The normalized spacial score (nSPS) is 13.2. The average Bonchev–Trinajstić information content (AvgIpc) is 3.02. The van der Waals surface area contributed by atoms with Gasteiger partial charge in [-0.3, -0.25) is 15.7 Å². The lowest BCUT2D eigenvalue weighted by Gasteiger charge is -2.12. The van der Waals surface area contributed by atoms with Crippen LogP contribution in [-0.4, -0.2) is 9.38 Å². The zero-order valence-electron chi connectivity index (χ0n) is 9.64. The summed E-state index contributed by atoms with van der Waals surface area (Å²) in [6.45, 7) is 0. The molecule has 1 atom stereocenters. The lowest BCUT2D eigenvalue weighted by molar-refractivity contribution is 0.555. The second-order valence-corrected chi connectivity index (χ2v) is 8.15. The summed E-state index contributed by atoms with van der Waals surface area (Å²) in [5.41, 5.74) is 3.90. The summed E-state index contributed by atoms with van der Waals surface area (Å²) in [5, 5.41) is 2.03. The standard InChI is InChI=1S/C11H10Br2N4S2/c12-7-4-9(19-10(7)13)8(16-14)3-6-5-17-1-2-18-11(17)15-6/h1-2,4-5,8,16H,3,14H2. The van der Waals surface area contributed by atoms with Crippen LogP contribution in [-0.2, 0) is 6.42 Å². The van der Waals surface area contributed by atoms with Crippen LogP contribution in [0.5, 0.6) is 0 Å². The van der Waals surface area contributed by atoms with Gasteiger partial charge in [0.15, 0.2) is 4.96 Å². The van der Waals surface area contributed by atoms with E-state index >= 15 is 0 Å². The Morgan fingerprint density at radius 2 is 2.32 bits per heavy atom. The first-order chi connectivity index (χ1) is 9.17. The van der Waals surface area contributed by atoms with Gasteiger partial charge in [0.2, 0.25) is 0 Å². The molecule has 3 aromatic rings. The lowest BCUT2D eigenvalue weighted by atomic mass is 10.1. The maximum absolute atomic E-state index is 5.68. The number of nitrogens with two attached hydrogens (primary N) is 1. The van der Waals surface area contributed by atoms with Gasteiger partial charge in [-0.15, -0.1) is 22.7 Å². The molecule has 3 heterocycles. The molecule has 0 spiro atoms. The van der Waals surface area contributed by atoms with E-state index in [1.54, 1.807) is 22.7 Å². The molecule has 0 bridgehead atoms. The maximum Gasteiger partial charge on any atom is 0.193 e. The summed E-state index contributed by atoms with van der Waals surface area (Å²) < 4.78 is 4.17. The monoisotopic (exact) mass is 420 g/mol. The smallest absolute Gasteiger partial charge is 0.193 e. The van der Waals surface area contributed by atoms with Crippen molar-refractivity contribution in [3.05, 3.63) is 42.7 Å². The zero-order valence-corrected chi connectivity index (χ0v) is 14.4. The van der Waals surface area contributed by atoms with Crippen LogP contribution in [0.2, 0.25) is 0 Å². The quantitative estimate of drug-likeness (QED) is 0.498. The highest BCUT2D eigenvalue weighted by molar-refractivity contribution is 9.13. The summed E-state index contributed by atoms with van der Waals surface area (Å²) in [7, 11) is 0. The van der Waals surface area contributed by atoms with Crippen LogP contribution >= 0.6 is 54.5 Å². The Bertz CT molecular complexity index is 654. The summed E-state index contributed by atoms with van der Waals surface area (Å²) >= 11 is 10.3. The summed E-state index contributed by atoms with van der Waals surface area (Å²) in [6, 6.07) is 2.15. The van der Waals surface area contributed by atoms with Gasteiger partial charge < -0.3 is 0 Å². The van der Waals surface area contributed by atoms with E-state index < -0.39 is 0 Å².